The van der Waals surface area contributed by atoms with Gasteiger partial charge in [-0.05, 0) is 70.6 Å². The van der Waals surface area contributed by atoms with Crippen LogP contribution in [0.15, 0.2) is 85.1 Å². The number of hydrogen-bond donors (Lipinski definition) is 3. The van der Waals surface area contributed by atoms with E-state index in [2.05, 4.69) is 48.8 Å². The Morgan fingerprint density at radius 3 is 1.73 bits per heavy atom. The lowest BCUT2D eigenvalue weighted by atomic mass is 10.1. The van der Waals surface area contributed by atoms with Crippen LogP contribution in [0.5, 0.6) is 0 Å². The number of carbonyl (C=O) groups excluding carboxylic acids is 2. The molecule has 1 unspecified atom stereocenters. The summed E-state index contributed by atoms with van der Waals surface area (Å²) in [6.07, 6.45) is 49.3. The van der Waals surface area contributed by atoms with Gasteiger partial charge in [0.2, 0.25) is 0 Å². The van der Waals surface area contributed by atoms with E-state index in [1.54, 1.807) is 6.08 Å². The number of carbonyl (C=O) groups is 2. The Morgan fingerprint density at radius 1 is 0.582 bits per heavy atom. The zero-order valence-electron chi connectivity index (χ0n) is 34.2. The third-order valence-electron chi connectivity index (χ3n) is 8.49. The van der Waals surface area contributed by atoms with Gasteiger partial charge in [-0.25, -0.2) is 4.57 Å². The summed E-state index contributed by atoms with van der Waals surface area (Å²) >= 11 is 0. The molecule has 0 spiro atoms. The standard InChI is InChI=1S/C45H75O9P/c1-3-5-7-8-9-10-11-12-13-14-15-18-21-24-27-30-34-38-44(47)52-40-43(41-53-55(49,50)51)54-45(48)39-35-31-28-25-22-19-16-17-20-23-26-29-33-37-42(46)36-32-6-4-2/h6,12-13,17,19-20,22,26,28-29,31-33,37,42-43,46H,3-5,7-11,14-16,18,21,23-25,27,30,34-36,38-41H2,1-2H3,(H2,49,50,51)/b13-12-,20-17-,22-19-,29-26+,31-28-,32-6-,37-33+/t42?,43-/m1/s1. The van der Waals surface area contributed by atoms with Crippen LogP contribution in [0.2, 0.25) is 0 Å². The largest absolute Gasteiger partial charge is 0.469 e. The van der Waals surface area contributed by atoms with Crippen molar-refractivity contribution in [2.45, 2.75) is 174 Å². The maximum Gasteiger partial charge on any atom is 0.469 e. The summed E-state index contributed by atoms with van der Waals surface area (Å²) in [5.74, 6) is -1.01. The van der Waals surface area contributed by atoms with Gasteiger partial charge in [-0.3, -0.25) is 14.1 Å². The fourth-order valence-electron chi connectivity index (χ4n) is 5.36. The van der Waals surface area contributed by atoms with E-state index < -0.39 is 38.6 Å². The van der Waals surface area contributed by atoms with Crippen LogP contribution in [0.4, 0.5) is 0 Å². The summed E-state index contributed by atoms with van der Waals surface area (Å²) < 4.78 is 26.3. The second-order valence-corrected chi connectivity index (χ2v) is 15.0. The molecule has 10 heteroatoms. The number of phosphoric ester groups is 1. The Balaban J connectivity index is 4.11. The second kappa shape index (κ2) is 39.4. The molecule has 0 amide bonds. The Morgan fingerprint density at radius 2 is 1.13 bits per heavy atom. The average Bonchev–Trinajstić information content (AvgIpc) is 3.15. The lowest BCUT2D eigenvalue weighted by molar-refractivity contribution is -0.161. The quantitative estimate of drug-likeness (QED) is 0.0184. The molecule has 0 heterocycles. The van der Waals surface area contributed by atoms with Gasteiger partial charge in [-0.1, -0.05) is 163 Å². The average molecular weight is 791 g/mol. The topological polar surface area (TPSA) is 140 Å². The zero-order valence-corrected chi connectivity index (χ0v) is 35.0. The number of aliphatic hydroxyl groups excluding tert-OH is 1. The lowest BCUT2D eigenvalue weighted by Gasteiger charge is -2.18. The minimum Gasteiger partial charge on any atom is -0.462 e. The molecule has 9 nitrogen and oxygen atoms in total. The summed E-state index contributed by atoms with van der Waals surface area (Å²) in [6.45, 7) is 3.40. The summed E-state index contributed by atoms with van der Waals surface area (Å²) in [5, 5.41) is 9.82. The van der Waals surface area contributed by atoms with Crippen LogP contribution in [0.25, 0.3) is 0 Å². The molecular weight excluding hydrogens is 715 g/mol. The van der Waals surface area contributed by atoms with Gasteiger partial charge in [0, 0.05) is 12.8 Å². The maximum absolute atomic E-state index is 12.4. The highest BCUT2D eigenvalue weighted by atomic mass is 31.2. The van der Waals surface area contributed by atoms with Crippen LogP contribution in [0.1, 0.15) is 162 Å². The van der Waals surface area contributed by atoms with E-state index in [0.29, 0.717) is 19.3 Å². The van der Waals surface area contributed by atoms with Crippen molar-refractivity contribution >= 4 is 19.8 Å². The van der Waals surface area contributed by atoms with Gasteiger partial charge >= 0.3 is 19.8 Å². The first-order valence-electron chi connectivity index (χ1n) is 21.0. The van der Waals surface area contributed by atoms with E-state index in [9.17, 15) is 19.3 Å². The molecule has 0 aliphatic heterocycles. The molecule has 0 saturated carbocycles. The van der Waals surface area contributed by atoms with E-state index >= 15 is 0 Å². The molecule has 0 aliphatic rings. The van der Waals surface area contributed by atoms with Crippen molar-refractivity contribution in [1.82, 2.24) is 0 Å². The van der Waals surface area contributed by atoms with E-state index in [1.165, 1.54) is 64.2 Å². The lowest BCUT2D eigenvalue weighted by Crippen LogP contribution is -2.29. The first kappa shape index (κ1) is 52.2. The van der Waals surface area contributed by atoms with Crippen molar-refractivity contribution in [3.63, 3.8) is 0 Å². The maximum atomic E-state index is 12.4. The number of esters is 2. The molecule has 0 fully saturated rings. The van der Waals surface area contributed by atoms with E-state index in [1.807, 2.05) is 48.6 Å². The van der Waals surface area contributed by atoms with Crippen LogP contribution in [-0.4, -0.2) is 52.3 Å². The van der Waals surface area contributed by atoms with E-state index in [-0.39, 0.29) is 19.4 Å². The predicted octanol–water partition coefficient (Wildman–Crippen LogP) is 11.8. The van der Waals surface area contributed by atoms with Crippen molar-refractivity contribution in [3.05, 3.63) is 85.1 Å². The van der Waals surface area contributed by atoms with Crippen LogP contribution < -0.4 is 0 Å². The third kappa shape index (κ3) is 42.2. The molecule has 0 radical (unpaired) electrons. The van der Waals surface area contributed by atoms with Crippen molar-refractivity contribution < 1.29 is 43.0 Å². The fourth-order valence-corrected chi connectivity index (χ4v) is 5.72. The van der Waals surface area contributed by atoms with Crippen LogP contribution in [0.3, 0.4) is 0 Å². The van der Waals surface area contributed by atoms with Crippen LogP contribution >= 0.6 is 7.82 Å². The molecule has 314 valence electrons. The first-order valence-corrected chi connectivity index (χ1v) is 22.5. The summed E-state index contributed by atoms with van der Waals surface area (Å²) in [6, 6.07) is 0. The number of unbranched alkanes of at least 4 members (excludes halogenated alkanes) is 13. The molecule has 3 N–H and O–H groups in total. The highest BCUT2D eigenvalue weighted by Crippen LogP contribution is 2.36. The molecule has 2 atom stereocenters. The van der Waals surface area contributed by atoms with Crippen molar-refractivity contribution in [3.8, 4) is 0 Å². The number of aliphatic hydroxyl groups is 1. The van der Waals surface area contributed by atoms with Crippen LogP contribution in [0, 0.1) is 0 Å². The minimum absolute atomic E-state index is 0.0663. The highest BCUT2D eigenvalue weighted by Gasteiger charge is 2.22. The van der Waals surface area contributed by atoms with Gasteiger partial charge in [0.05, 0.1) is 12.7 Å². The van der Waals surface area contributed by atoms with Gasteiger partial charge in [0.25, 0.3) is 0 Å². The molecule has 0 saturated heterocycles. The Kier molecular flexibility index (Phi) is 37.4. The Labute approximate surface area is 334 Å². The number of hydrogen-bond acceptors (Lipinski definition) is 7. The zero-order chi connectivity index (χ0) is 40.5. The van der Waals surface area contributed by atoms with Gasteiger partial charge in [-0.2, -0.15) is 0 Å². The van der Waals surface area contributed by atoms with Gasteiger partial charge in [0.15, 0.2) is 6.10 Å². The first-order chi connectivity index (χ1) is 26.7. The number of rotatable bonds is 37. The minimum atomic E-state index is -4.79. The summed E-state index contributed by atoms with van der Waals surface area (Å²) in [5.41, 5.74) is 0. The molecule has 0 rings (SSSR count). The predicted molar refractivity (Wildman–Crippen MR) is 226 cm³/mol. The molecule has 0 aromatic heterocycles. The molecular formula is C45H75O9P. The van der Waals surface area contributed by atoms with Gasteiger partial charge in [-0.15, -0.1) is 0 Å². The van der Waals surface area contributed by atoms with Crippen molar-refractivity contribution in [2.75, 3.05) is 13.2 Å². The Bertz CT molecular complexity index is 1180. The third-order valence-corrected chi connectivity index (χ3v) is 8.98. The number of phosphoric acid groups is 1. The summed E-state index contributed by atoms with van der Waals surface area (Å²) in [7, 11) is -4.79. The Hall–Kier alpha value is -2.81. The van der Waals surface area contributed by atoms with Gasteiger partial charge < -0.3 is 24.4 Å². The van der Waals surface area contributed by atoms with E-state index in [4.69, 9.17) is 19.3 Å². The smallest absolute Gasteiger partial charge is 0.462 e. The number of ether oxygens (including phenoxy) is 2. The summed E-state index contributed by atoms with van der Waals surface area (Å²) in [4.78, 5) is 42.8. The van der Waals surface area contributed by atoms with Crippen LogP contribution in [-0.2, 0) is 28.2 Å². The normalized spacial score (nSPS) is 13.9. The molecule has 0 aromatic rings. The van der Waals surface area contributed by atoms with Crippen molar-refractivity contribution in [2.24, 2.45) is 0 Å². The molecule has 0 aromatic carbocycles. The molecule has 0 bridgehead atoms. The van der Waals surface area contributed by atoms with Crippen molar-refractivity contribution in [1.29, 1.82) is 0 Å². The fraction of sp³-hybridized carbons (Fsp3) is 0.644. The molecule has 0 aliphatic carbocycles. The SMILES string of the molecule is CC/C=C\CC(O)/C=C/C=C/C/C=C\C/C=C\C/C=C\CCC(=O)O[C@H](COC(=O)CCCCCCCCC/C=C\CCCCCCCC)COP(=O)(O)O. The van der Waals surface area contributed by atoms with E-state index in [0.717, 1.165) is 51.4 Å². The second-order valence-electron chi connectivity index (χ2n) is 13.8. The molecule has 55 heavy (non-hydrogen) atoms. The monoisotopic (exact) mass is 791 g/mol. The highest BCUT2D eigenvalue weighted by molar-refractivity contribution is 7.46. The van der Waals surface area contributed by atoms with Gasteiger partial charge in [0.1, 0.15) is 6.61 Å². The number of allylic oxidation sites excluding steroid dienone is 12.